The van der Waals surface area contributed by atoms with Crippen LogP contribution in [-0.2, 0) is 21.7 Å². The van der Waals surface area contributed by atoms with Gasteiger partial charge in [0.2, 0.25) is 0 Å². The molecule has 0 spiro atoms. The van der Waals surface area contributed by atoms with Gasteiger partial charge < -0.3 is 14.7 Å². The Bertz CT molecular complexity index is 3070. The number of fused-ring (bicyclic) bond motifs is 7. The lowest BCUT2D eigenvalue weighted by Gasteiger charge is -2.50. The van der Waals surface area contributed by atoms with Crippen molar-refractivity contribution in [3.05, 3.63) is 174 Å². The molecule has 0 N–H and O–H groups in total. The molecule has 0 saturated heterocycles. The molecule has 1 saturated carbocycles. The summed E-state index contributed by atoms with van der Waals surface area (Å²) < 4.78 is 0. The molecule has 0 bridgehead atoms. The van der Waals surface area contributed by atoms with E-state index in [-0.39, 0.29) is 33.9 Å². The highest BCUT2D eigenvalue weighted by Crippen LogP contribution is 2.61. The van der Waals surface area contributed by atoms with Gasteiger partial charge in [0.25, 0.3) is 6.71 Å². The summed E-state index contributed by atoms with van der Waals surface area (Å²) in [7, 11) is 0. The largest absolute Gasteiger partial charge is 0.334 e. The fourth-order valence-electron chi connectivity index (χ4n) is 12.7. The highest BCUT2D eigenvalue weighted by Gasteiger charge is 2.57. The minimum atomic E-state index is -0.133. The van der Waals surface area contributed by atoms with Gasteiger partial charge in [0.15, 0.2) is 0 Å². The zero-order valence-electron chi connectivity index (χ0n) is 42.6. The maximum Gasteiger partial charge on any atom is 0.252 e. The van der Waals surface area contributed by atoms with Crippen LogP contribution in [0.25, 0.3) is 11.1 Å². The van der Waals surface area contributed by atoms with E-state index in [9.17, 15) is 0 Å². The number of anilines is 8. The lowest BCUT2D eigenvalue weighted by atomic mass is 9.33. The van der Waals surface area contributed by atoms with E-state index in [1.807, 2.05) is 0 Å². The Balaban J connectivity index is 1.27. The first-order valence-electron chi connectivity index (χ1n) is 25.6. The van der Waals surface area contributed by atoms with Gasteiger partial charge >= 0.3 is 0 Å². The third-order valence-electron chi connectivity index (χ3n) is 16.8. The van der Waals surface area contributed by atoms with Crippen LogP contribution >= 0.6 is 0 Å². The van der Waals surface area contributed by atoms with Gasteiger partial charge in [-0.2, -0.15) is 0 Å². The van der Waals surface area contributed by atoms with Gasteiger partial charge in [0.1, 0.15) is 0 Å². The second-order valence-electron chi connectivity index (χ2n) is 24.1. The third kappa shape index (κ3) is 6.90. The molecule has 3 heterocycles. The predicted molar refractivity (Wildman–Crippen MR) is 294 cm³/mol. The molecular weight excluding hydrogens is 822 g/mol. The molecular formula is C64H70BN3. The van der Waals surface area contributed by atoms with Crippen LogP contribution in [0.4, 0.5) is 45.5 Å². The highest BCUT2D eigenvalue weighted by atomic mass is 15.3. The summed E-state index contributed by atoms with van der Waals surface area (Å²) in [4.78, 5) is 8.10. The maximum atomic E-state index is 2.82. The molecule has 4 heteroatoms. The van der Waals surface area contributed by atoms with Gasteiger partial charge in [-0.3, -0.25) is 0 Å². The molecule has 7 aromatic carbocycles. The molecule has 68 heavy (non-hydrogen) atoms. The first-order valence-corrected chi connectivity index (χ1v) is 25.6. The van der Waals surface area contributed by atoms with Crippen LogP contribution in [0, 0.1) is 0 Å². The molecule has 3 nitrogen and oxygen atoms in total. The molecule has 1 aliphatic carbocycles. The Kier molecular flexibility index (Phi) is 10.3. The van der Waals surface area contributed by atoms with E-state index >= 15 is 0 Å². The van der Waals surface area contributed by atoms with Crippen molar-refractivity contribution in [1.82, 2.24) is 0 Å². The molecule has 7 aromatic rings. The average Bonchev–Trinajstić information content (AvgIpc) is 3.49. The summed E-state index contributed by atoms with van der Waals surface area (Å²) in [5, 5.41) is 0. The lowest BCUT2D eigenvalue weighted by Crippen LogP contribution is -2.61. The number of hydrogen-bond acceptors (Lipinski definition) is 3. The van der Waals surface area contributed by atoms with E-state index in [1.54, 1.807) is 0 Å². The van der Waals surface area contributed by atoms with Crippen LogP contribution in [-0.4, -0.2) is 12.3 Å². The number of para-hydroxylation sites is 2. The van der Waals surface area contributed by atoms with Crippen LogP contribution in [0.15, 0.2) is 152 Å². The van der Waals surface area contributed by atoms with Gasteiger partial charge in [-0.05, 0) is 135 Å². The van der Waals surface area contributed by atoms with Crippen LogP contribution < -0.4 is 31.1 Å². The lowest BCUT2D eigenvalue weighted by molar-refractivity contribution is 0.218. The van der Waals surface area contributed by atoms with Gasteiger partial charge in [-0.25, -0.2) is 0 Å². The van der Waals surface area contributed by atoms with Gasteiger partial charge in [-0.1, -0.05) is 192 Å². The topological polar surface area (TPSA) is 9.72 Å². The highest BCUT2D eigenvalue weighted by molar-refractivity contribution is 7.00. The quantitative estimate of drug-likeness (QED) is 0.163. The van der Waals surface area contributed by atoms with Crippen molar-refractivity contribution >= 4 is 68.6 Å². The first kappa shape index (κ1) is 44.5. The molecule has 344 valence electrons. The summed E-state index contributed by atoms with van der Waals surface area (Å²) in [6.07, 6.45) is 7.41. The van der Waals surface area contributed by atoms with E-state index in [1.165, 1.54) is 127 Å². The second-order valence-corrected chi connectivity index (χ2v) is 24.1. The van der Waals surface area contributed by atoms with Gasteiger partial charge in [0, 0.05) is 50.8 Å². The zero-order chi connectivity index (χ0) is 47.5. The Morgan fingerprint density at radius 1 is 0.426 bits per heavy atom. The minimum absolute atomic E-state index is 0.00628. The van der Waals surface area contributed by atoms with Crippen molar-refractivity contribution in [2.45, 2.75) is 142 Å². The fourth-order valence-corrected chi connectivity index (χ4v) is 12.7. The normalized spacial score (nSPS) is 19.9. The van der Waals surface area contributed by atoms with Crippen LogP contribution in [0.5, 0.6) is 0 Å². The van der Waals surface area contributed by atoms with E-state index in [0.29, 0.717) is 0 Å². The molecule has 4 aliphatic rings. The summed E-state index contributed by atoms with van der Waals surface area (Å²) >= 11 is 0. The molecule has 2 unspecified atom stereocenters. The summed E-state index contributed by atoms with van der Waals surface area (Å²) in [5.41, 5.74) is 21.9. The van der Waals surface area contributed by atoms with E-state index in [2.05, 4.69) is 243 Å². The Morgan fingerprint density at radius 3 is 1.65 bits per heavy atom. The molecule has 1 fully saturated rings. The van der Waals surface area contributed by atoms with Crippen molar-refractivity contribution in [1.29, 1.82) is 0 Å². The standard InChI is InChI=1S/C64H70BN3/c1-60(2,3)44-29-33-47(34-30-44)66-56-36-32-46(62(7,8)9)40-52(56)65-51-26-18-20-28-55(51)67(53-35-31-45(61(4,5)6)39-49(53)43-23-15-14-16-24-43)58-42-48(41-57(66)59(58)65)68-54-27-19-17-25-50(54)63(10)37-21-12-13-22-38-64(63,68)11/h14-20,23-36,39-42H,12-13,21-22,37-38H2,1-11H3. The van der Waals surface area contributed by atoms with E-state index in [4.69, 9.17) is 0 Å². The third-order valence-corrected chi connectivity index (χ3v) is 16.8. The molecule has 2 atom stereocenters. The summed E-state index contributed by atoms with van der Waals surface area (Å²) in [6, 6.07) is 59.2. The number of nitrogens with zero attached hydrogens (tertiary/aromatic N) is 3. The molecule has 3 aliphatic heterocycles. The van der Waals surface area contributed by atoms with Crippen molar-refractivity contribution < 1.29 is 0 Å². The number of rotatable bonds is 4. The van der Waals surface area contributed by atoms with Gasteiger partial charge in [0.05, 0.1) is 11.2 Å². The van der Waals surface area contributed by atoms with Crippen molar-refractivity contribution in [2.24, 2.45) is 0 Å². The molecule has 0 aromatic heterocycles. The van der Waals surface area contributed by atoms with E-state index in [0.717, 1.165) is 6.42 Å². The first-order chi connectivity index (χ1) is 32.4. The second kappa shape index (κ2) is 15.8. The van der Waals surface area contributed by atoms with Crippen LogP contribution in [0.2, 0.25) is 0 Å². The Labute approximate surface area is 408 Å². The predicted octanol–water partition coefficient (Wildman–Crippen LogP) is 15.9. The van der Waals surface area contributed by atoms with Crippen LogP contribution in [0.3, 0.4) is 0 Å². The number of benzene rings is 7. The molecule has 0 amide bonds. The maximum absolute atomic E-state index is 2.82. The molecule has 0 radical (unpaired) electrons. The average molecular weight is 892 g/mol. The van der Waals surface area contributed by atoms with Gasteiger partial charge in [-0.15, -0.1) is 0 Å². The number of hydrogen-bond donors (Lipinski definition) is 0. The van der Waals surface area contributed by atoms with Crippen molar-refractivity contribution in [3.63, 3.8) is 0 Å². The van der Waals surface area contributed by atoms with Crippen LogP contribution in [0.1, 0.15) is 137 Å². The Hall–Kier alpha value is -6.00. The van der Waals surface area contributed by atoms with Crippen molar-refractivity contribution in [3.8, 4) is 11.1 Å². The zero-order valence-corrected chi connectivity index (χ0v) is 42.6. The fraction of sp³-hybridized carbons (Fsp3) is 0.344. The summed E-state index contributed by atoms with van der Waals surface area (Å²) in [6.45, 7) is 26.2. The molecule has 11 rings (SSSR count). The smallest absolute Gasteiger partial charge is 0.252 e. The monoisotopic (exact) mass is 892 g/mol. The Morgan fingerprint density at radius 2 is 0.971 bits per heavy atom. The van der Waals surface area contributed by atoms with E-state index < -0.39 is 0 Å². The van der Waals surface area contributed by atoms with Crippen molar-refractivity contribution in [2.75, 3.05) is 14.7 Å². The summed E-state index contributed by atoms with van der Waals surface area (Å²) in [5.74, 6) is 0. The SMILES string of the molecule is CC(C)(C)c1ccc(N2c3ccc(C(C)(C)C)cc3B3c4ccccc4N(c4ccc(C(C)(C)C)cc4-c4ccccc4)c4cc(N5c6ccccc6C6(C)CCCCCCC56C)cc2c43)cc1. The minimum Gasteiger partial charge on any atom is -0.334 e.